The summed E-state index contributed by atoms with van der Waals surface area (Å²) in [4.78, 5) is 27.9. The molecule has 0 bridgehead atoms. The van der Waals surface area contributed by atoms with Gasteiger partial charge in [-0.2, -0.15) is 0 Å². The Morgan fingerprint density at radius 1 is 1.17 bits per heavy atom. The molecule has 1 saturated heterocycles. The number of esters is 1. The summed E-state index contributed by atoms with van der Waals surface area (Å²) in [6.45, 7) is 15.6. The molecule has 29 heavy (non-hydrogen) atoms. The molecule has 0 aromatic heterocycles. The van der Waals surface area contributed by atoms with E-state index >= 15 is 0 Å². The SMILES string of the molecule is CC(C)[C@H](NC(=O)[C@@H](C)N1[C@@H](c2ccccc2)COC1(C)C)C(=O)OC(C)(C)C. The van der Waals surface area contributed by atoms with E-state index in [0.717, 1.165) is 5.56 Å². The number of ether oxygens (including phenoxy) is 2. The van der Waals surface area contributed by atoms with Crippen LogP contribution < -0.4 is 5.32 Å². The van der Waals surface area contributed by atoms with E-state index in [1.54, 1.807) is 0 Å². The fourth-order valence-corrected chi connectivity index (χ4v) is 3.74. The van der Waals surface area contributed by atoms with E-state index in [-0.39, 0.29) is 17.9 Å². The second-order valence-corrected chi connectivity index (χ2v) is 9.53. The first-order chi connectivity index (χ1) is 13.3. The van der Waals surface area contributed by atoms with Gasteiger partial charge in [0.25, 0.3) is 0 Å². The van der Waals surface area contributed by atoms with Crippen LogP contribution in [0.4, 0.5) is 0 Å². The molecule has 1 aromatic carbocycles. The Balaban J connectivity index is 2.20. The number of nitrogens with zero attached hydrogens (tertiary/aromatic N) is 1. The molecule has 0 aliphatic carbocycles. The van der Waals surface area contributed by atoms with Crippen molar-refractivity contribution in [1.82, 2.24) is 10.2 Å². The summed E-state index contributed by atoms with van der Waals surface area (Å²) >= 11 is 0. The molecule has 0 radical (unpaired) electrons. The molecule has 1 fully saturated rings. The second-order valence-electron chi connectivity index (χ2n) is 9.53. The first-order valence-electron chi connectivity index (χ1n) is 10.3. The summed E-state index contributed by atoms with van der Waals surface area (Å²) in [6.07, 6.45) is 0. The number of hydrogen-bond acceptors (Lipinski definition) is 5. The van der Waals surface area contributed by atoms with Gasteiger partial charge in [0, 0.05) is 0 Å². The van der Waals surface area contributed by atoms with Gasteiger partial charge in [-0.15, -0.1) is 0 Å². The third-order valence-electron chi connectivity index (χ3n) is 5.16. The predicted molar refractivity (Wildman–Crippen MR) is 113 cm³/mol. The maximum absolute atomic E-state index is 13.2. The Morgan fingerprint density at radius 2 is 1.76 bits per heavy atom. The first kappa shape index (κ1) is 23.4. The normalized spacial score (nSPS) is 21.6. The molecule has 1 heterocycles. The first-order valence-corrected chi connectivity index (χ1v) is 10.3. The van der Waals surface area contributed by atoms with E-state index in [2.05, 4.69) is 10.2 Å². The minimum absolute atomic E-state index is 0.0361. The van der Waals surface area contributed by atoms with Gasteiger partial charge in [0.1, 0.15) is 17.4 Å². The molecular weight excluding hydrogens is 368 g/mol. The Kier molecular flexibility index (Phi) is 7.12. The molecule has 0 saturated carbocycles. The van der Waals surface area contributed by atoms with Gasteiger partial charge in [0.05, 0.1) is 18.7 Å². The molecule has 1 aromatic rings. The molecule has 2 rings (SSSR count). The van der Waals surface area contributed by atoms with Crippen molar-refractivity contribution in [3.05, 3.63) is 35.9 Å². The molecule has 162 valence electrons. The van der Waals surface area contributed by atoms with Crippen molar-refractivity contribution in [3.8, 4) is 0 Å². The summed E-state index contributed by atoms with van der Waals surface area (Å²) < 4.78 is 11.5. The highest BCUT2D eigenvalue weighted by atomic mass is 16.6. The monoisotopic (exact) mass is 404 g/mol. The fourth-order valence-electron chi connectivity index (χ4n) is 3.74. The summed E-state index contributed by atoms with van der Waals surface area (Å²) in [6, 6.07) is 8.81. The van der Waals surface area contributed by atoms with Crippen molar-refractivity contribution in [3.63, 3.8) is 0 Å². The summed E-state index contributed by atoms with van der Waals surface area (Å²) in [5, 5.41) is 2.91. The zero-order valence-corrected chi connectivity index (χ0v) is 19.0. The standard InChI is InChI=1S/C23H36N2O4/c1-15(2)19(21(27)29-22(4,5)6)24-20(26)16(3)25-18(14-28-23(25,7)8)17-12-10-9-11-13-17/h9-13,15-16,18-19H,14H2,1-8H3,(H,24,26)/t16-,18-,19+/m1/s1. The lowest BCUT2D eigenvalue weighted by molar-refractivity contribution is -0.160. The predicted octanol–water partition coefficient (Wildman–Crippen LogP) is 3.67. The Hall–Kier alpha value is -1.92. The van der Waals surface area contributed by atoms with Crippen LogP contribution in [0, 0.1) is 5.92 Å². The molecule has 1 aliphatic heterocycles. The molecule has 6 heteroatoms. The van der Waals surface area contributed by atoms with E-state index in [0.29, 0.717) is 6.61 Å². The lowest BCUT2D eigenvalue weighted by Gasteiger charge is -2.38. The van der Waals surface area contributed by atoms with E-state index in [9.17, 15) is 9.59 Å². The third-order valence-corrected chi connectivity index (χ3v) is 5.16. The van der Waals surface area contributed by atoms with Crippen molar-refractivity contribution in [1.29, 1.82) is 0 Å². The van der Waals surface area contributed by atoms with Crippen LogP contribution in [0.25, 0.3) is 0 Å². The molecule has 6 nitrogen and oxygen atoms in total. The van der Waals surface area contributed by atoms with E-state index < -0.39 is 29.4 Å². The summed E-state index contributed by atoms with van der Waals surface area (Å²) in [5.74, 6) is -0.715. The van der Waals surface area contributed by atoms with Crippen LogP contribution in [0.15, 0.2) is 30.3 Å². The second kappa shape index (κ2) is 8.84. The molecule has 0 unspecified atom stereocenters. The maximum atomic E-state index is 13.2. The number of amides is 1. The van der Waals surface area contributed by atoms with Crippen LogP contribution in [-0.4, -0.2) is 46.8 Å². The Morgan fingerprint density at radius 3 is 2.28 bits per heavy atom. The van der Waals surface area contributed by atoms with Gasteiger partial charge < -0.3 is 14.8 Å². The topological polar surface area (TPSA) is 67.9 Å². The Bertz CT molecular complexity index is 709. The van der Waals surface area contributed by atoms with Crippen molar-refractivity contribution in [2.45, 2.75) is 84.8 Å². The highest BCUT2D eigenvalue weighted by Crippen LogP contribution is 2.38. The van der Waals surface area contributed by atoms with Crippen LogP contribution in [0.5, 0.6) is 0 Å². The van der Waals surface area contributed by atoms with E-state index in [1.165, 1.54) is 0 Å². The summed E-state index contributed by atoms with van der Waals surface area (Å²) in [7, 11) is 0. The van der Waals surface area contributed by atoms with Crippen molar-refractivity contribution in [2.24, 2.45) is 5.92 Å². The molecule has 1 amide bonds. The Labute approximate surface area is 174 Å². The third kappa shape index (κ3) is 5.80. The molecular formula is C23H36N2O4. The van der Waals surface area contributed by atoms with Gasteiger partial charge >= 0.3 is 5.97 Å². The molecule has 1 aliphatic rings. The van der Waals surface area contributed by atoms with Crippen LogP contribution in [0.3, 0.4) is 0 Å². The van der Waals surface area contributed by atoms with Crippen LogP contribution in [0.1, 0.15) is 67.0 Å². The summed E-state index contributed by atoms with van der Waals surface area (Å²) in [5.41, 5.74) is -0.106. The average Bonchev–Trinajstić information content (AvgIpc) is 2.92. The zero-order valence-electron chi connectivity index (χ0n) is 19.0. The number of carbonyl (C=O) groups excluding carboxylic acids is 2. The molecule has 1 N–H and O–H groups in total. The highest BCUT2D eigenvalue weighted by molar-refractivity contribution is 5.87. The van der Waals surface area contributed by atoms with Crippen molar-refractivity contribution >= 4 is 11.9 Å². The highest BCUT2D eigenvalue weighted by Gasteiger charge is 2.46. The van der Waals surface area contributed by atoms with Gasteiger partial charge in [-0.1, -0.05) is 44.2 Å². The van der Waals surface area contributed by atoms with E-state index in [4.69, 9.17) is 9.47 Å². The lowest BCUT2D eigenvalue weighted by Crippen LogP contribution is -2.56. The minimum atomic E-state index is -0.703. The van der Waals surface area contributed by atoms with Crippen molar-refractivity contribution < 1.29 is 19.1 Å². The fraction of sp³-hybridized carbons (Fsp3) is 0.652. The van der Waals surface area contributed by atoms with Gasteiger partial charge in [0.15, 0.2) is 0 Å². The number of rotatable bonds is 6. The molecule has 3 atom stereocenters. The van der Waals surface area contributed by atoms with Crippen LogP contribution in [0.2, 0.25) is 0 Å². The lowest BCUT2D eigenvalue weighted by atomic mass is 10.0. The quantitative estimate of drug-likeness (QED) is 0.733. The van der Waals surface area contributed by atoms with Gasteiger partial charge in [-0.25, -0.2) is 4.79 Å². The van der Waals surface area contributed by atoms with Crippen LogP contribution >= 0.6 is 0 Å². The average molecular weight is 405 g/mol. The number of benzene rings is 1. The van der Waals surface area contributed by atoms with Gasteiger partial charge in [-0.05, 0) is 53.0 Å². The zero-order chi connectivity index (χ0) is 22.0. The largest absolute Gasteiger partial charge is 0.458 e. The van der Waals surface area contributed by atoms with E-state index in [1.807, 2.05) is 85.7 Å². The number of hydrogen-bond donors (Lipinski definition) is 1. The number of carbonyl (C=O) groups is 2. The van der Waals surface area contributed by atoms with Crippen molar-refractivity contribution in [2.75, 3.05) is 6.61 Å². The van der Waals surface area contributed by atoms with Gasteiger partial charge in [0.2, 0.25) is 5.91 Å². The van der Waals surface area contributed by atoms with Gasteiger partial charge in [-0.3, -0.25) is 9.69 Å². The smallest absolute Gasteiger partial charge is 0.329 e. The number of nitrogens with one attached hydrogen (secondary N) is 1. The minimum Gasteiger partial charge on any atom is -0.458 e. The van der Waals surface area contributed by atoms with Crippen LogP contribution in [-0.2, 0) is 19.1 Å². The maximum Gasteiger partial charge on any atom is 0.329 e. The molecule has 0 spiro atoms.